The maximum Gasteiger partial charge on any atom is 0.241 e. The molecule has 11 rings (SSSR count). The number of nitrogens with zero attached hydrogens (tertiary/aromatic N) is 9. The zero-order valence-electron chi connectivity index (χ0n) is 45.7. The summed E-state index contributed by atoms with van der Waals surface area (Å²) in [6, 6.07) is 15.8. The maximum absolute atomic E-state index is 11.7. The van der Waals surface area contributed by atoms with Crippen LogP contribution in [0.1, 0.15) is 194 Å². The first-order valence-corrected chi connectivity index (χ1v) is 28.5. The summed E-state index contributed by atoms with van der Waals surface area (Å²) < 4.78 is 0. The Bertz CT molecular complexity index is 1570. The van der Waals surface area contributed by atoms with Gasteiger partial charge in [0.15, 0.2) is 0 Å². The minimum absolute atomic E-state index is 0. The quantitative estimate of drug-likeness (QED) is 0.259. The van der Waals surface area contributed by atoms with E-state index in [1.165, 1.54) is 167 Å². The molecule has 0 radical (unpaired) electrons. The molecule has 1 amide bonds. The minimum Gasteiger partial charge on any atom is -0.369 e. The van der Waals surface area contributed by atoms with Gasteiger partial charge in [-0.05, 0) is 197 Å². The van der Waals surface area contributed by atoms with Gasteiger partial charge in [0.1, 0.15) is 0 Å². The van der Waals surface area contributed by atoms with Crippen molar-refractivity contribution in [1.82, 2.24) is 39.2 Å². The van der Waals surface area contributed by atoms with Gasteiger partial charge in [-0.2, -0.15) is 0 Å². The minimum atomic E-state index is 0. The van der Waals surface area contributed by atoms with Crippen molar-refractivity contribution in [2.24, 2.45) is 5.92 Å². The molecular weight excluding hydrogens is 863 g/mol. The number of likely N-dealkylation sites (tertiary alicyclic amines) is 1. The van der Waals surface area contributed by atoms with E-state index in [-0.39, 0.29) is 28.3 Å². The second-order valence-electron chi connectivity index (χ2n) is 23.8. The van der Waals surface area contributed by atoms with Crippen molar-refractivity contribution in [2.75, 3.05) is 90.2 Å². The lowest BCUT2D eigenvalue weighted by Crippen LogP contribution is -2.52. The molecule has 10 nitrogen and oxygen atoms in total. The number of piperazine rings is 1. The highest BCUT2D eigenvalue weighted by molar-refractivity contribution is 5.84. The van der Waals surface area contributed by atoms with E-state index >= 15 is 0 Å². The number of amides is 1. The molecule has 9 aliphatic heterocycles. The highest BCUT2D eigenvalue weighted by Gasteiger charge is 2.42. The molecule has 70 heavy (non-hydrogen) atoms. The van der Waals surface area contributed by atoms with Crippen LogP contribution in [0.15, 0.2) is 24.3 Å². The molecule has 10 aliphatic rings. The van der Waals surface area contributed by atoms with Gasteiger partial charge in [0.05, 0.1) is 19.4 Å². The summed E-state index contributed by atoms with van der Waals surface area (Å²) in [5, 5.41) is 0. The van der Waals surface area contributed by atoms with Crippen LogP contribution in [-0.2, 0) is 11.2 Å². The second kappa shape index (κ2) is 30.5. The van der Waals surface area contributed by atoms with Gasteiger partial charge in [0, 0.05) is 112 Å². The van der Waals surface area contributed by atoms with Crippen LogP contribution in [0.2, 0.25) is 0 Å². The van der Waals surface area contributed by atoms with E-state index in [9.17, 15) is 4.79 Å². The summed E-state index contributed by atoms with van der Waals surface area (Å²) in [7, 11) is 0. The molecule has 9 fully saturated rings. The Balaban J connectivity index is 0.000000223. The van der Waals surface area contributed by atoms with Gasteiger partial charge in [-0.25, -0.2) is 0 Å². The molecule has 0 aromatic heterocycles. The molecule has 1 aromatic carbocycles. The van der Waals surface area contributed by atoms with Crippen molar-refractivity contribution in [3.05, 3.63) is 29.8 Å². The van der Waals surface area contributed by atoms with Crippen LogP contribution >= 0.6 is 0 Å². The third-order valence-electron chi connectivity index (χ3n) is 17.2. The fraction of sp³-hybridized carbons (Fsp3) is 0.883. The molecule has 0 spiro atoms. The standard InChI is InChI=1S/C12H23N.C12H17N.C10H20N2.C9H16N2O.C9H18N2.C5H11N.3CH4/c2*1-10(2)13-9-5-7-11-6-3-4-8-12(11)13;1-9(2)12-7-6-11-5-3-4-10(11)8-12;1-7(2)11-6-10-5-3-4-8(10)9(11)12;1-8(2)11-6-9-4-3-5-10(9)7-11;1-5(2)6-3-4-6;;;/h10-12H,3-9H2,1-2H3;3-4,6,8,10H,5,7,9H2,1-2H3;9-10H,3-8H2,1-2H3;7-8H,3-6H2,1-2H3;8-9H,3-7H2,1-2H3;5H,3-4H2,1-2H3;3*1H4. The van der Waals surface area contributed by atoms with Gasteiger partial charge in [0.25, 0.3) is 0 Å². The second-order valence-corrected chi connectivity index (χ2v) is 23.8. The Morgan fingerprint density at radius 2 is 0.986 bits per heavy atom. The summed E-state index contributed by atoms with van der Waals surface area (Å²) in [5.74, 6) is 1.40. The molecule has 1 aromatic rings. The lowest BCUT2D eigenvalue weighted by molar-refractivity contribution is -0.130. The van der Waals surface area contributed by atoms with E-state index in [0.29, 0.717) is 18.0 Å². The fourth-order valence-electron chi connectivity index (χ4n) is 12.8. The lowest BCUT2D eigenvalue weighted by Gasteiger charge is -2.46. The Hall–Kier alpha value is -1.79. The first-order valence-electron chi connectivity index (χ1n) is 28.5. The van der Waals surface area contributed by atoms with E-state index in [2.05, 4.69) is 147 Å². The average molecular weight is 981 g/mol. The molecule has 0 bridgehead atoms. The van der Waals surface area contributed by atoms with E-state index < -0.39 is 0 Å². The van der Waals surface area contributed by atoms with Crippen LogP contribution in [0.3, 0.4) is 0 Å². The van der Waals surface area contributed by atoms with Crippen molar-refractivity contribution in [3.63, 3.8) is 0 Å². The third kappa shape index (κ3) is 17.7. The van der Waals surface area contributed by atoms with Crippen molar-refractivity contribution in [3.8, 4) is 0 Å². The largest absolute Gasteiger partial charge is 0.369 e. The average Bonchev–Trinajstić information content (AvgIpc) is 3.72. The highest BCUT2D eigenvalue weighted by Crippen LogP contribution is 2.36. The van der Waals surface area contributed by atoms with Crippen molar-refractivity contribution in [1.29, 1.82) is 0 Å². The molecule has 1 saturated carbocycles. The van der Waals surface area contributed by atoms with Gasteiger partial charge in [-0.3, -0.25) is 39.1 Å². The van der Waals surface area contributed by atoms with E-state index in [1.54, 1.807) is 0 Å². The summed E-state index contributed by atoms with van der Waals surface area (Å²) in [6.45, 7) is 43.4. The van der Waals surface area contributed by atoms with Gasteiger partial charge in [-0.1, -0.05) is 53.3 Å². The zero-order chi connectivity index (χ0) is 48.2. The number of aryl methyl sites for hydroxylation is 1. The van der Waals surface area contributed by atoms with Gasteiger partial charge < -0.3 is 9.80 Å². The van der Waals surface area contributed by atoms with Crippen molar-refractivity contribution < 1.29 is 4.79 Å². The number of hydrogen-bond acceptors (Lipinski definition) is 9. The third-order valence-corrected chi connectivity index (χ3v) is 17.2. The Labute approximate surface area is 435 Å². The van der Waals surface area contributed by atoms with Crippen LogP contribution in [0.5, 0.6) is 0 Å². The highest BCUT2D eigenvalue weighted by atomic mass is 16.2. The van der Waals surface area contributed by atoms with Crippen LogP contribution in [0.25, 0.3) is 0 Å². The van der Waals surface area contributed by atoms with E-state index in [1.807, 2.05) is 4.90 Å². The lowest BCUT2D eigenvalue weighted by atomic mass is 9.78. The summed E-state index contributed by atoms with van der Waals surface area (Å²) in [6.07, 6.45) is 19.4. The van der Waals surface area contributed by atoms with Crippen molar-refractivity contribution in [2.45, 2.75) is 256 Å². The number of rotatable bonds is 6. The maximum atomic E-state index is 11.7. The van der Waals surface area contributed by atoms with Crippen LogP contribution in [0, 0.1) is 5.92 Å². The molecule has 8 saturated heterocycles. The fourth-order valence-corrected chi connectivity index (χ4v) is 12.8. The number of hydrogen-bond donors (Lipinski definition) is 0. The summed E-state index contributed by atoms with van der Waals surface area (Å²) in [5.41, 5.74) is 2.96. The zero-order valence-corrected chi connectivity index (χ0v) is 45.7. The number of piperidine rings is 1. The van der Waals surface area contributed by atoms with Crippen LogP contribution < -0.4 is 4.90 Å². The predicted octanol–water partition coefficient (Wildman–Crippen LogP) is 11.5. The Morgan fingerprint density at radius 3 is 1.57 bits per heavy atom. The van der Waals surface area contributed by atoms with Crippen molar-refractivity contribution >= 4 is 11.6 Å². The molecule has 5 atom stereocenters. The smallest absolute Gasteiger partial charge is 0.241 e. The number of para-hydroxylation sites is 1. The molecule has 9 heterocycles. The van der Waals surface area contributed by atoms with Gasteiger partial charge in [-0.15, -0.1) is 0 Å². The van der Waals surface area contributed by atoms with Gasteiger partial charge >= 0.3 is 0 Å². The van der Waals surface area contributed by atoms with E-state index in [4.69, 9.17) is 0 Å². The molecule has 0 N–H and O–H groups in total. The number of carbonyl (C=O) groups excluding carboxylic acids is 1. The number of fused-ring (bicyclic) bond motifs is 5. The number of carbonyl (C=O) groups is 1. The number of anilines is 1. The molecule has 408 valence electrons. The SMILES string of the molecule is C.C.C.CC(C)N1CC1.CC(C)N1CC2CCCN2C1.CC(C)N1CCCC2CCCCC21.CC(C)N1CCCc2ccccc21.CC(C)N1CCN2CCCC2C1.CC(C)N1CN2CCCC2C1=O. The normalized spacial score (nSPS) is 27.7. The molecular formula is C60H117N9O. The molecule has 5 unspecified atom stereocenters. The first-order chi connectivity index (χ1) is 32.1. The Morgan fingerprint density at radius 1 is 0.443 bits per heavy atom. The predicted molar refractivity (Wildman–Crippen MR) is 305 cm³/mol. The van der Waals surface area contributed by atoms with Crippen LogP contribution in [-0.4, -0.2) is 191 Å². The van der Waals surface area contributed by atoms with E-state index in [0.717, 1.165) is 67.8 Å². The molecule has 10 heteroatoms. The first kappa shape index (κ1) is 62.5. The summed E-state index contributed by atoms with van der Waals surface area (Å²) in [4.78, 5) is 34.1. The Kier molecular flexibility index (Phi) is 27.3. The monoisotopic (exact) mass is 980 g/mol. The van der Waals surface area contributed by atoms with Gasteiger partial charge in [0.2, 0.25) is 5.91 Å². The molecule has 1 aliphatic carbocycles. The topological polar surface area (TPSA) is 46.0 Å². The summed E-state index contributed by atoms with van der Waals surface area (Å²) >= 11 is 0. The van der Waals surface area contributed by atoms with Crippen LogP contribution in [0.4, 0.5) is 5.69 Å². The number of benzene rings is 1.